The van der Waals surface area contributed by atoms with E-state index >= 15 is 0 Å². The number of imidazole rings is 1. The molecule has 0 aliphatic carbocycles. The summed E-state index contributed by atoms with van der Waals surface area (Å²) in [6.45, 7) is 1.62. The zero-order valence-corrected chi connectivity index (χ0v) is 21.7. The first kappa shape index (κ1) is 24.8. The van der Waals surface area contributed by atoms with E-state index in [-0.39, 0.29) is 11.7 Å². The number of anilines is 1. The van der Waals surface area contributed by atoms with E-state index in [1.54, 1.807) is 6.20 Å². The summed E-state index contributed by atoms with van der Waals surface area (Å²) in [7, 11) is 0. The minimum atomic E-state index is -4.40. The van der Waals surface area contributed by atoms with Crippen LogP contribution in [-0.4, -0.2) is 28.0 Å². The largest absolute Gasteiger partial charge is 0.416 e. The normalized spacial score (nSPS) is 18.4. The molecule has 7 rings (SSSR count). The number of rotatable bonds is 4. The highest BCUT2D eigenvalue weighted by atomic mass is 19.4. The van der Waals surface area contributed by atoms with Crippen molar-refractivity contribution >= 4 is 16.9 Å². The van der Waals surface area contributed by atoms with Crippen LogP contribution >= 0.6 is 0 Å². The van der Waals surface area contributed by atoms with Gasteiger partial charge in [0, 0.05) is 31.3 Å². The van der Waals surface area contributed by atoms with E-state index in [4.69, 9.17) is 4.74 Å². The highest BCUT2D eigenvalue weighted by Crippen LogP contribution is 2.50. The third-order valence-electron chi connectivity index (χ3n) is 8.16. The van der Waals surface area contributed by atoms with Crippen LogP contribution in [0, 0.1) is 0 Å². The number of aromatic amines is 1. The van der Waals surface area contributed by atoms with Crippen molar-refractivity contribution in [2.75, 3.05) is 18.0 Å². The summed E-state index contributed by atoms with van der Waals surface area (Å²) in [4.78, 5) is 14.4. The van der Waals surface area contributed by atoms with Gasteiger partial charge in [0.15, 0.2) is 0 Å². The zero-order chi connectivity index (χ0) is 27.3. The van der Waals surface area contributed by atoms with Crippen molar-refractivity contribution < 1.29 is 17.9 Å². The quantitative estimate of drug-likeness (QED) is 0.257. The lowest BCUT2D eigenvalue weighted by molar-refractivity contribution is -0.137. The van der Waals surface area contributed by atoms with E-state index in [9.17, 15) is 13.2 Å². The molecular weight excluding hydrogens is 513 g/mol. The van der Waals surface area contributed by atoms with Gasteiger partial charge in [0.1, 0.15) is 11.6 Å². The summed E-state index contributed by atoms with van der Waals surface area (Å²) in [5.74, 6) is 1.35. The monoisotopic (exact) mass is 540 g/mol. The number of nitrogens with one attached hydrogen (secondary N) is 1. The van der Waals surface area contributed by atoms with Gasteiger partial charge in [-0.2, -0.15) is 13.2 Å². The van der Waals surface area contributed by atoms with Crippen molar-refractivity contribution in [1.29, 1.82) is 0 Å². The van der Waals surface area contributed by atoms with Gasteiger partial charge in [0.2, 0.25) is 0 Å². The van der Waals surface area contributed by atoms with Crippen LogP contribution in [0.15, 0.2) is 91.1 Å². The number of fused-ring (bicyclic) bond motifs is 3. The van der Waals surface area contributed by atoms with E-state index in [2.05, 4.69) is 68.4 Å². The van der Waals surface area contributed by atoms with E-state index in [0.29, 0.717) is 16.9 Å². The molecule has 5 aromatic rings. The highest BCUT2D eigenvalue weighted by molar-refractivity contribution is 5.80. The Balaban J connectivity index is 1.07. The molecule has 0 amide bonds. The lowest BCUT2D eigenvalue weighted by Crippen LogP contribution is -2.43. The molecule has 0 saturated carbocycles. The van der Waals surface area contributed by atoms with Crippen molar-refractivity contribution in [2.24, 2.45) is 0 Å². The van der Waals surface area contributed by atoms with E-state index in [0.717, 1.165) is 55.9 Å². The van der Waals surface area contributed by atoms with Gasteiger partial charge < -0.3 is 14.6 Å². The molecule has 2 aromatic heterocycles. The molecular formula is C32H27F3N4O. The molecule has 202 valence electrons. The fourth-order valence-corrected chi connectivity index (χ4v) is 6.09. The minimum absolute atomic E-state index is 0.0404. The molecule has 1 spiro atoms. The number of halogens is 3. The molecule has 5 nitrogen and oxygen atoms in total. The number of aromatic nitrogens is 3. The summed E-state index contributed by atoms with van der Waals surface area (Å²) in [5.41, 5.74) is 4.41. The van der Waals surface area contributed by atoms with Gasteiger partial charge in [-0.25, -0.2) is 9.97 Å². The molecule has 3 aromatic carbocycles. The Labute approximate surface area is 229 Å². The summed E-state index contributed by atoms with van der Waals surface area (Å²) in [6, 6.07) is 26.5. The van der Waals surface area contributed by atoms with E-state index in [1.807, 2.05) is 18.2 Å². The Morgan fingerprint density at radius 2 is 1.70 bits per heavy atom. The first-order chi connectivity index (χ1) is 19.4. The summed E-state index contributed by atoms with van der Waals surface area (Å²) < 4.78 is 46.1. The number of H-pyrrole nitrogens is 1. The number of hydrogen-bond acceptors (Lipinski definition) is 4. The van der Waals surface area contributed by atoms with Crippen LogP contribution in [0.5, 0.6) is 0 Å². The standard InChI is InChI=1S/C32H27F3N4O/c33-32(34,35)23-11-12-26-27(19-23)38-30(37-26)22-10-13-29(36-20-22)39-16-14-31(15-17-39)25-9-5-4-8-24(25)28(40-31)18-21-6-2-1-3-7-21/h1-13,19-20,28H,14-18H2,(H,37,38). The molecule has 1 fully saturated rings. The topological polar surface area (TPSA) is 54.0 Å². The summed E-state index contributed by atoms with van der Waals surface area (Å²) in [5, 5.41) is 0. The molecule has 0 radical (unpaired) electrons. The third-order valence-corrected chi connectivity index (χ3v) is 8.16. The van der Waals surface area contributed by atoms with Gasteiger partial charge in [0.05, 0.1) is 28.3 Å². The molecule has 1 N–H and O–H groups in total. The second-order valence-corrected chi connectivity index (χ2v) is 10.6. The Kier molecular flexibility index (Phi) is 5.89. The summed E-state index contributed by atoms with van der Waals surface area (Å²) in [6.07, 6.45) is -0.0541. The molecule has 2 aliphatic rings. The second-order valence-electron chi connectivity index (χ2n) is 10.6. The maximum absolute atomic E-state index is 13.1. The number of ether oxygens (including phenoxy) is 1. The lowest BCUT2D eigenvalue weighted by atomic mass is 9.83. The van der Waals surface area contributed by atoms with Crippen LogP contribution < -0.4 is 4.90 Å². The van der Waals surface area contributed by atoms with Crippen molar-refractivity contribution in [3.05, 3.63) is 113 Å². The predicted octanol–water partition coefficient (Wildman–Crippen LogP) is 7.45. The smallest absolute Gasteiger partial charge is 0.362 e. The highest BCUT2D eigenvalue weighted by Gasteiger charge is 2.46. The first-order valence-corrected chi connectivity index (χ1v) is 13.5. The van der Waals surface area contributed by atoms with Crippen LogP contribution in [0.4, 0.5) is 19.0 Å². The molecule has 8 heteroatoms. The van der Waals surface area contributed by atoms with Crippen molar-refractivity contribution in [3.63, 3.8) is 0 Å². The lowest BCUT2D eigenvalue weighted by Gasteiger charge is -2.40. The Bertz CT molecular complexity index is 1660. The van der Waals surface area contributed by atoms with Crippen molar-refractivity contribution in [2.45, 2.75) is 37.1 Å². The number of benzene rings is 3. The van der Waals surface area contributed by atoms with Gasteiger partial charge in [-0.15, -0.1) is 0 Å². The minimum Gasteiger partial charge on any atom is -0.362 e. The van der Waals surface area contributed by atoms with Crippen LogP contribution in [0.1, 0.15) is 41.2 Å². The van der Waals surface area contributed by atoms with Gasteiger partial charge in [-0.05, 0) is 59.9 Å². The number of nitrogens with zero attached hydrogens (tertiary/aromatic N) is 3. The van der Waals surface area contributed by atoms with Crippen molar-refractivity contribution in [1.82, 2.24) is 15.0 Å². The molecule has 1 unspecified atom stereocenters. The number of pyridine rings is 1. The Hall–Kier alpha value is -4.17. The Morgan fingerprint density at radius 3 is 2.45 bits per heavy atom. The number of hydrogen-bond donors (Lipinski definition) is 1. The predicted molar refractivity (Wildman–Crippen MR) is 148 cm³/mol. The van der Waals surface area contributed by atoms with Crippen LogP contribution in [0.25, 0.3) is 22.4 Å². The molecule has 1 atom stereocenters. The molecule has 4 heterocycles. The molecule has 40 heavy (non-hydrogen) atoms. The van der Waals surface area contributed by atoms with Crippen LogP contribution in [0.3, 0.4) is 0 Å². The zero-order valence-electron chi connectivity index (χ0n) is 21.7. The average molecular weight is 541 g/mol. The Morgan fingerprint density at radius 1 is 0.925 bits per heavy atom. The summed E-state index contributed by atoms with van der Waals surface area (Å²) >= 11 is 0. The van der Waals surface area contributed by atoms with Crippen LogP contribution in [-0.2, 0) is 22.9 Å². The molecule has 2 aliphatic heterocycles. The maximum atomic E-state index is 13.1. The maximum Gasteiger partial charge on any atom is 0.416 e. The van der Waals surface area contributed by atoms with E-state index in [1.165, 1.54) is 22.8 Å². The third kappa shape index (κ3) is 4.42. The fraction of sp³-hybridized carbons (Fsp3) is 0.250. The SMILES string of the molecule is FC(F)(F)c1ccc2nc(-c3ccc(N4CCC5(CC4)OC(Cc4ccccc4)c4ccccc45)nc3)[nH]c2c1. The van der Waals surface area contributed by atoms with Gasteiger partial charge in [0.25, 0.3) is 0 Å². The second kappa shape index (κ2) is 9.48. The van der Waals surface area contributed by atoms with Crippen molar-refractivity contribution in [3.8, 4) is 11.4 Å². The molecule has 0 bridgehead atoms. The number of alkyl halides is 3. The number of piperidine rings is 1. The van der Waals surface area contributed by atoms with E-state index < -0.39 is 11.7 Å². The van der Waals surface area contributed by atoms with Crippen LogP contribution in [0.2, 0.25) is 0 Å². The van der Waals surface area contributed by atoms with Gasteiger partial charge >= 0.3 is 6.18 Å². The first-order valence-electron chi connectivity index (χ1n) is 13.5. The fourth-order valence-electron chi connectivity index (χ4n) is 6.09. The van der Waals surface area contributed by atoms with Gasteiger partial charge in [-0.1, -0.05) is 54.6 Å². The molecule has 1 saturated heterocycles. The average Bonchev–Trinajstić information content (AvgIpc) is 3.53. The van der Waals surface area contributed by atoms with Gasteiger partial charge in [-0.3, -0.25) is 0 Å².